The Morgan fingerprint density at radius 1 is 1.03 bits per heavy atom. The second-order valence-electron chi connectivity index (χ2n) is 10.6. The van der Waals surface area contributed by atoms with Gasteiger partial charge in [-0.25, -0.2) is 4.79 Å². The number of aliphatic hydroxyl groups excluding tert-OH is 1. The van der Waals surface area contributed by atoms with Crippen LogP contribution in [0.3, 0.4) is 0 Å². The van der Waals surface area contributed by atoms with Crippen LogP contribution in [0.4, 0.5) is 4.79 Å². The number of carbonyl (C=O) groups is 1. The van der Waals surface area contributed by atoms with E-state index < -0.39 is 0 Å². The number of hydrogen-bond acceptors (Lipinski definition) is 4. The number of amides is 2. The highest BCUT2D eigenvalue weighted by Gasteiger charge is 2.51. The lowest BCUT2D eigenvalue weighted by atomic mass is 9.81. The minimum atomic E-state index is -0.270. The highest BCUT2D eigenvalue weighted by atomic mass is 16.3. The smallest absolute Gasteiger partial charge is 0.320 e. The van der Waals surface area contributed by atoms with Crippen LogP contribution >= 0.6 is 0 Å². The van der Waals surface area contributed by atoms with Gasteiger partial charge in [-0.05, 0) is 74.9 Å². The predicted octanol–water partition coefficient (Wildman–Crippen LogP) is 3.44. The number of urea groups is 1. The van der Waals surface area contributed by atoms with Gasteiger partial charge in [-0.3, -0.25) is 4.90 Å². The van der Waals surface area contributed by atoms with Gasteiger partial charge in [0.05, 0.1) is 24.1 Å². The van der Waals surface area contributed by atoms with Crippen molar-refractivity contribution in [3.63, 3.8) is 0 Å². The molecule has 1 N–H and O–H groups in total. The van der Waals surface area contributed by atoms with Gasteiger partial charge in [-0.2, -0.15) is 5.26 Å². The van der Waals surface area contributed by atoms with E-state index in [-0.39, 0.29) is 17.7 Å². The molecular formula is C26H36N4O2. The Kier molecular flexibility index (Phi) is 6.14. The SMILES string of the molecule is N#CCC1(N2CCC(C[C@@H]3CC3c3ccccc3)CC2)CN(C(=O)N2CCC(O)CC2)C1. The molecule has 2 amide bonds. The number of nitrogens with zero attached hydrogens (tertiary/aromatic N) is 4. The van der Waals surface area contributed by atoms with Crippen molar-refractivity contribution in [2.75, 3.05) is 39.3 Å². The molecule has 3 aliphatic heterocycles. The summed E-state index contributed by atoms with van der Waals surface area (Å²) in [4.78, 5) is 19.2. The van der Waals surface area contributed by atoms with E-state index in [0.29, 0.717) is 45.4 Å². The molecule has 0 bridgehead atoms. The Balaban J connectivity index is 1.10. The van der Waals surface area contributed by atoms with Crippen LogP contribution in [0.25, 0.3) is 0 Å². The van der Waals surface area contributed by atoms with Crippen LogP contribution in [0.2, 0.25) is 0 Å². The Morgan fingerprint density at radius 2 is 1.72 bits per heavy atom. The summed E-state index contributed by atoms with van der Waals surface area (Å²) in [5.74, 6) is 2.41. The van der Waals surface area contributed by atoms with Crippen molar-refractivity contribution in [3.05, 3.63) is 35.9 Å². The average Bonchev–Trinajstić information content (AvgIpc) is 3.56. The summed E-state index contributed by atoms with van der Waals surface area (Å²) in [6.45, 7) is 4.71. The van der Waals surface area contributed by atoms with Crippen LogP contribution in [0.5, 0.6) is 0 Å². The number of hydrogen-bond donors (Lipinski definition) is 1. The van der Waals surface area contributed by atoms with Gasteiger partial charge in [-0.15, -0.1) is 0 Å². The Hall–Kier alpha value is -2.10. The Morgan fingerprint density at radius 3 is 2.38 bits per heavy atom. The third-order valence-electron chi connectivity index (χ3n) is 8.46. The van der Waals surface area contributed by atoms with Crippen molar-refractivity contribution >= 4 is 6.03 Å². The number of aliphatic hydroxyl groups is 1. The molecule has 1 aromatic carbocycles. The van der Waals surface area contributed by atoms with E-state index in [0.717, 1.165) is 30.8 Å². The van der Waals surface area contributed by atoms with Gasteiger partial charge in [0.15, 0.2) is 0 Å². The number of nitriles is 1. The van der Waals surface area contributed by atoms with Crippen LogP contribution in [0.15, 0.2) is 30.3 Å². The second-order valence-corrected chi connectivity index (χ2v) is 10.6. The first-order chi connectivity index (χ1) is 15.6. The van der Waals surface area contributed by atoms with Crippen molar-refractivity contribution in [1.29, 1.82) is 5.26 Å². The quantitative estimate of drug-likeness (QED) is 0.768. The summed E-state index contributed by atoms with van der Waals surface area (Å²) in [6, 6.07) is 13.4. The van der Waals surface area contributed by atoms with E-state index in [1.54, 1.807) is 0 Å². The molecule has 2 atom stereocenters. The zero-order valence-electron chi connectivity index (χ0n) is 19.0. The maximum atomic E-state index is 12.9. The minimum Gasteiger partial charge on any atom is -0.393 e. The third-order valence-corrected chi connectivity index (χ3v) is 8.46. The number of rotatable bonds is 5. The summed E-state index contributed by atoms with van der Waals surface area (Å²) in [5, 5.41) is 19.2. The standard InChI is InChI=1S/C26H36N4O2/c27-11-10-26(18-29(19-26)25(32)28-12-8-23(31)9-13-28)30-14-6-20(7-15-30)16-22-17-24(22)21-4-2-1-3-5-21/h1-5,20,22-24,31H,6-10,12-19H2/t22-,24?/m1/s1. The molecule has 4 aliphatic rings. The molecule has 0 spiro atoms. The van der Waals surface area contributed by atoms with Crippen LogP contribution < -0.4 is 0 Å². The average molecular weight is 437 g/mol. The summed E-state index contributed by atoms with van der Waals surface area (Å²) >= 11 is 0. The first kappa shape index (κ1) is 21.7. The van der Waals surface area contributed by atoms with Crippen molar-refractivity contribution < 1.29 is 9.90 Å². The molecule has 1 aromatic rings. The van der Waals surface area contributed by atoms with Crippen LogP contribution in [0, 0.1) is 23.2 Å². The van der Waals surface area contributed by atoms with Crippen molar-refractivity contribution in [1.82, 2.24) is 14.7 Å². The van der Waals surface area contributed by atoms with Gasteiger partial charge in [0.1, 0.15) is 0 Å². The number of carbonyl (C=O) groups excluding carboxylic acids is 1. The van der Waals surface area contributed by atoms with Crippen LogP contribution in [0.1, 0.15) is 56.4 Å². The maximum absolute atomic E-state index is 12.9. The number of piperidine rings is 2. The van der Waals surface area contributed by atoms with Gasteiger partial charge < -0.3 is 14.9 Å². The first-order valence-electron chi connectivity index (χ1n) is 12.5. The monoisotopic (exact) mass is 436 g/mol. The van der Waals surface area contributed by atoms with E-state index in [9.17, 15) is 15.2 Å². The van der Waals surface area contributed by atoms with Crippen LogP contribution in [-0.2, 0) is 0 Å². The summed E-state index contributed by atoms with van der Waals surface area (Å²) in [5.41, 5.74) is 1.35. The maximum Gasteiger partial charge on any atom is 0.320 e. The molecule has 0 radical (unpaired) electrons. The largest absolute Gasteiger partial charge is 0.393 e. The van der Waals surface area contributed by atoms with Gasteiger partial charge in [0, 0.05) is 26.2 Å². The summed E-state index contributed by atoms with van der Waals surface area (Å²) in [7, 11) is 0. The summed E-state index contributed by atoms with van der Waals surface area (Å²) in [6.07, 6.45) is 6.67. The molecule has 3 heterocycles. The lowest BCUT2D eigenvalue weighted by Gasteiger charge is -2.57. The molecule has 1 saturated carbocycles. The van der Waals surface area contributed by atoms with Gasteiger partial charge in [0.2, 0.25) is 0 Å². The highest BCUT2D eigenvalue weighted by molar-refractivity contribution is 5.76. The molecule has 5 rings (SSSR count). The van der Waals surface area contributed by atoms with Gasteiger partial charge >= 0.3 is 6.03 Å². The zero-order valence-corrected chi connectivity index (χ0v) is 19.0. The van der Waals surface area contributed by atoms with E-state index >= 15 is 0 Å². The topological polar surface area (TPSA) is 70.8 Å². The molecule has 1 unspecified atom stereocenters. The molecule has 6 heteroatoms. The Labute approximate surface area is 191 Å². The number of benzene rings is 1. The molecule has 32 heavy (non-hydrogen) atoms. The van der Waals surface area contributed by atoms with Crippen LogP contribution in [-0.4, -0.2) is 76.7 Å². The van der Waals surface area contributed by atoms with E-state index in [1.807, 2.05) is 9.80 Å². The normalized spacial score (nSPS) is 28.8. The van der Waals surface area contributed by atoms with E-state index in [2.05, 4.69) is 41.3 Å². The fraction of sp³-hybridized carbons (Fsp3) is 0.692. The summed E-state index contributed by atoms with van der Waals surface area (Å²) < 4.78 is 0. The highest BCUT2D eigenvalue weighted by Crippen LogP contribution is 2.52. The molecule has 3 saturated heterocycles. The molecule has 6 nitrogen and oxygen atoms in total. The fourth-order valence-electron chi connectivity index (χ4n) is 6.32. The molecule has 0 aromatic heterocycles. The molecular weight excluding hydrogens is 400 g/mol. The Bertz CT molecular complexity index is 831. The fourth-order valence-corrected chi connectivity index (χ4v) is 6.32. The molecule has 4 fully saturated rings. The molecule has 172 valence electrons. The van der Waals surface area contributed by atoms with Gasteiger partial charge in [0.25, 0.3) is 0 Å². The van der Waals surface area contributed by atoms with E-state index in [4.69, 9.17) is 0 Å². The van der Waals surface area contributed by atoms with Crippen molar-refractivity contribution in [2.45, 2.75) is 62.5 Å². The van der Waals surface area contributed by atoms with Gasteiger partial charge in [-0.1, -0.05) is 30.3 Å². The van der Waals surface area contributed by atoms with Crippen molar-refractivity contribution in [3.8, 4) is 6.07 Å². The van der Waals surface area contributed by atoms with E-state index in [1.165, 1.54) is 31.2 Å². The first-order valence-corrected chi connectivity index (χ1v) is 12.5. The third kappa shape index (κ3) is 4.38. The number of likely N-dealkylation sites (tertiary alicyclic amines) is 3. The van der Waals surface area contributed by atoms with Crippen molar-refractivity contribution in [2.24, 2.45) is 11.8 Å². The predicted molar refractivity (Wildman–Crippen MR) is 123 cm³/mol. The minimum absolute atomic E-state index is 0.0843. The zero-order chi connectivity index (χ0) is 22.1. The second kappa shape index (κ2) is 9.03. The lowest BCUT2D eigenvalue weighted by molar-refractivity contribution is -0.0542. The molecule has 1 aliphatic carbocycles. The lowest BCUT2D eigenvalue weighted by Crippen LogP contribution is -2.73.